The third kappa shape index (κ3) is 1.89. The van der Waals surface area contributed by atoms with Crippen LogP contribution in [0.2, 0.25) is 0 Å². The Hall–Kier alpha value is -1.68. The van der Waals surface area contributed by atoms with Gasteiger partial charge < -0.3 is 5.11 Å². The number of aromatic nitrogens is 2. The van der Waals surface area contributed by atoms with Crippen LogP contribution in [-0.4, -0.2) is 21.0 Å². The summed E-state index contributed by atoms with van der Waals surface area (Å²) >= 11 is 0. The molecule has 0 radical (unpaired) electrons. The Morgan fingerprint density at radius 2 is 2.20 bits per heavy atom. The molecule has 2 aromatic rings. The fourth-order valence-electron chi connectivity index (χ4n) is 1.56. The van der Waals surface area contributed by atoms with Crippen LogP contribution in [0.15, 0.2) is 35.3 Å². The first-order valence-electron chi connectivity index (χ1n) is 4.81. The highest BCUT2D eigenvalue weighted by Crippen LogP contribution is 2.08. The molecule has 0 aliphatic rings. The summed E-state index contributed by atoms with van der Waals surface area (Å²) in [5, 5.41) is 13.9. The summed E-state index contributed by atoms with van der Waals surface area (Å²) in [4.78, 5) is 11.5. The largest absolute Gasteiger partial charge is 0.391 e. The van der Waals surface area contributed by atoms with E-state index in [-0.39, 0.29) is 5.43 Å². The SMILES string of the molecule is CC(O)Cn1ncc(=O)c2ccccc21. The normalized spacial score (nSPS) is 12.9. The van der Waals surface area contributed by atoms with Gasteiger partial charge in [-0.05, 0) is 19.1 Å². The van der Waals surface area contributed by atoms with Crippen LogP contribution in [0.1, 0.15) is 6.92 Å². The molecule has 1 N–H and O–H groups in total. The number of aliphatic hydroxyl groups is 1. The van der Waals surface area contributed by atoms with Crippen LogP contribution in [0.25, 0.3) is 10.9 Å². The third-order valence-electron chi connectivity index (χ3n) is 2.20. The van der Waals surface area contributed by atoms with Gasteiger partial charge in [0, 0.05) is 5.39 Å². The Morgan fingerprint density at radius 1 is 1.47 bits per heavy atom. The van der Waals surface area contributed by atoms with E-state index in [9.17, 15) is 9.90 Å². The molecule has 2 rings (SSSR count). The van der Waals surface area contributed by atoms with Gasteiger partial charge in [-0.2, -0.15) is 5.10 Å². The maximum Gasteiger partial charge on any atom is 0.207 e. The summed E-state index contributed by atoms with van der Waals surface area (Å²) in [5.41, 5.74) is 0.665. The van der Waals surface area contributed by atoms with E-state index in [2.05, 4.69) is 5.10 Å². The maximum absolute atomic E-state index is 11.5. The molecular weight excluding hydrogens is 192 g/mol. The zero-order valence-electron chi connectivity index (χ0n) is 8.42. The molecule has 1 aromatic carbocycles. The summed E-state index contributed by atoms with van der Waals surface area (Å²) in [5.74, 6) is 0. The molecule has 0 saturated heterocycles. The minimum atomic E-state index is -0.483. The van der Waals surface area contributed by atoms with Crippen LogP contribution in [0.4, 0.5) is 0 Å². The molecule has 1 atom stereocenters. The van der Waals surface area contributed by atoms with E-state index < -0.39 is 6.10 Å². The Balaban J connectivity index is 2.66. The van der Waals surface area contributed by atoms with Crippen LogP contribution < -0.4 is 5.43 Å². The lowest BCUT2D eigenvalue weighted by Crippen LogP contribution is -2.18. The van der Waals surface area contributed by atoms with Crippen molar-refractivity contribution in [3.8, 4) is 0 Å². The Morgan fingerprint density at radius 3 is 2.93 bits per heavy atom. The molecule has 0 aliphatic heterocycles. The van der Waals surface area contributed by atoms with Crippen molar-refractivity contribution in [3.05, 3.63) is 40.7 Å². The van der Waals surface area contributed by atoms with Crippen LogP contribution >= 0.6 is 0 Å². The minimum absolute atomic E-state index is 0.0903. The van der Waals surface area contributed by atoms with Crippen molar-refractivity contribution in [1.29, 1.82) is 0 Å². The fourth-order valence-corrected chi connectivity index (χ4v) is 1.56. The van der Waals surface area contributed by atoms with E-state index in [4.69, 9.17) is 0 Å². The highest BCUT2D eigenvalue weighted by Gasteiger charge is 2.04. The molecule has 1 heterocycles. The molecule has 0 aliphatic carbocycles. The first kappa shape index (κ1) is 9.86. The van der Waals surface area contributed by atoms with Gasteiger partial charge >= 0.3 is 0 Å². The molecular formula is C11H12N2O2. The Kier molecular flexibility index (Phi) is 2.51. The molecule has 0 bridgehead atoms. The van der Waals surface area contributed by atoms with E-state index in [1.807, 2.05) is 18.2 Å². The first-order chi connectivity index (χ1) is 7.18. The second-order valence-electron chi connectivity index (χ2n) is 3.56. The van der Waals surface area contributed by atoms with Crippen molar-refractivity contribution >= 4 is 10.9 Å². The molecule has 1 unspecified atom stereocenters. The minimum Gasteiger partial charge on any atom is -0.391 e. The number of hydrogen-bond acceptors (Lipinski definition) is 3. The number of para-hydroxylation sites is 1. The smallest absolute Gasteiger partial charge is 0.207 e. The number of benzene rings is 1. The average molecular weight is 204 g/mol. The molecule has 15 heavy (non-hydrogen) atoms. The van der Waals surface area contributed by atoms with Crippen molar-refractivity contribution in [1.82, 2.24) is 9.78 Å². The van der Waals surface area contributed by atoms with E-state index in [1.54, 1.807) is 17.7 Å². The monoisotopic (exact) mass is 204 g/mol. The van der Waals surface area contributed by atoms with Crippen LogP contribution in [0, 0.1) is 0 Å². The quantitative estimate of drug-likeness (QED) is 0.786. The van der Waals surface area contributed by atoms with Gasteiger partial charge in [-0.3, -0.25) is 9.48 Å². The van der Waals surface area contributed by atoms with Gasteiger partial charge in [-0.15, -0.1) is 0 Å². The number of hydrogen-bond donors (Lipinski definition) is 1. The fraction of sp³-hybridized carbons (Fsp3) is 0.273. The highest BCUT2D eigenvalue weighted by molar-refractivity contribution is 5.77. The number of rotatable bonds is 2. The zero-order valence-corrected chi connectivity index (χ0v) is 8.42. The summed E-state index contributed by atoms with van der Waals surface area (Å²) in [6.07, 6.45) is 0.799. The van der Waals surface area contributed by atoms with Crippen molar-refractivity contribution in [2.24, 2.45) is 0 Å². The second-order valence-corrected chi connectivity index (χ2v) is 3.56. The molecule has 4 nitrogen and oxygen atoms in total. The van der Waals surface area contributed by atoms with E-state index in [0.717, 1.165) is 5.52 Å². The molecule has 0 fully saturated rings. The molecule has 78 valence electrons. The predicted octanol–water partition coefficient (Wildman–Crippen LogP) is 0.777. The van der Waals surface area contributed by atoms with Crippen LogP contribution in [0.3, 0.4) is 0 Å². The zero-order chi connectivity index (χ0) is 10.8. The molecule has 0 saturated carbocycles. The standard InChI is InChI=1S/C11H12N2O2/c1-8(14)7-13-10-5-3-2-4-9(10)11(15)6-12-13/h2-6,8,14H,7H2,1H3. The topological polar surface area (TPSA) is 55.1 Å². The van der Waals surface area contributed by atoms with Crippen molar-refractivity contribution in [2.45, 2.75) is 19.6 Å². The third-order valence-corrected chi connectivity index (χ3v) is 2.20. The molecule has 0 spiro atoms. The number of fused-ring (bicyclic) bond motifs is 1. The van der Waals surface area contributed by atoms with E-state index in [0.29, 0.717) is 11.9 Å². The lowest BCUT2D eigenvalue weighted by Gasteiger charge is -2.10. The van der Waals surface area contributed by atoms with Crippen molar-refractivity contribution in [3.63, 3.8) is 0 Å². The summed E-state index contributed by atoms with van der Waals surface area (Å²) in [7, 11) is 0. The van der Waals surface area contributed by atoms with Crippen LogP contribution in [-0.2, 0) is 6.54 Å². The summed E-state index contributed by atoms with van der Waals surface area (Å²) in [6.45, 7) is 2.08. The van der Waals surface area contributed by atoms with Gasteiger partial charge in [-0.1, -0.05) is 12.1 Å². The van der Waals surface area contributed by atoms with Gasteiger partial charge in [-0.25, -0.2) is 0 Å². The number of aliphatic hydroxyl groups excluding tert-OH is 1. The Labute approximate surface area is 86.8 Å². The lowest BCUT2D eigenvalue weighted by atomic mass is 10.2. The number of nitrogens with zero attached hydrogens (tertiary/aromatic N) is 2. The van der Waals surface area contributed by atoms with E-state index >= 15 is 0 Å². The summed E-state index contributed by atoms with van der Waals surface area (Å²) in [6, 6.07) is 7.25. The van der Waals surface area contributed by atoms with Gasteiger partial charge in [0.15, 0.2) is 0 Å². The van der Waals surface area contributed by atoms with E-state index in [1.165, 1.54) is 6.20 Å². The van der Waals surface area contributed by atoms with Crippen molar-refractivity contribution in [2.75, 3.05) is 0 Å². The second kappa shape index (κ2) is 3.82. The molecule has 0 amide bonds. The van der Waals surface area contributed by atoms with Gasteiger partial charge in [0.1, 0.15) is 0 Å². The van der Waals surface area contributed by atoms with Crippen LogP contribution in [0.5, 0.6) is 0 Å². The summed E-state index contributed by atoms with van der Waals surface area (Å²) < 4.78 is 1.64. The lowest BCUT2D eigenvalue weighted by molar-refractivity contribution is 0.170. The molecule has 1 aromatic heterocycles. The van der Waals surface area contributed by atoms with Gasteiger partial charge in [0.25, 0.3) is 0 Å². The maximum atomic E-state index is 11.5. The highest BCUT2D eigenvalue weighted by atomic mass is 16.3. The van der Waals surface area contributed by atoms with Crippen molar-refractivity contribution < 1.29 is 5.11 Å². The predicted molar refractivity (Wildman–Crippen MR) is 57.7 cm³/mol. The molecule has 4 heteroatoms. The van der Waals surface area contributed by atoms with Gasteiger partial charge in [0.2, 0.25) is 5.43 Å². The van der Waals surface area contributed by atoms with Gasteiger partial charge in [0.05, 0.1) is 24.4 Å². The average Bonchev–Trinajstić information content (AvgIpc) is 2.22. The Bertz CT molecular complexity index is 531. The first-order valence-corrected chi connectivity index (χ1v) is 4.81.